The third kappa shape index (κ3) is 3.69. The van der Waals surface area contributed by atoms with Crippen LogP contribution in [0.5, 0.6) is 5.75 Å². The molecule has 26 heavy (non-hydrogen) atoms. The number of benzene rings is 2. The lowest BCUT2D eigenvalue weighted by molar-refractivity contribution is -0.237. The van der Waals surface area contributed by atoms with Crippen LogP contribution in [0.2, 0.25) is 0 Å². The van der Waals surface area contributed by atoms with E-state index in [0.717, 1.165) is 22.2 Å². The molecule has 2 aromatic rings. The van der Waals surface area contributed by atoms with Crippen LogP contribution in [0.4, 0.5) is 5.69 Å². The van der Waals surface area contributed by atoms with Crippen LogP contribution >= 0.6 is 0 Å². The van der Waals surface area contributed by atoms with Gasteiger partial charge in [0, 0.05) is 22.4 Å². The zero-order valence-corrected chi connectivity index (χ0v) is 15.9. The van der Waals surface area contributed by atoms with E-state index in [2.05, 4.69) is 5.32 Å². The number of carbonyl (C=O) groups is 1. The fraction of sp³-hybridized carbons (Fsp3) is 0.476. The summed E-state index contributed by atoms with van der Waals surface area (Å²) < 4.78 is 17.2. The highest BCUT2D eigenvalue weighted by molar-refractivity contribution is 6.05. The Balaban J connectivity index is 1.81. The molecule has 0 spiro atoms. The topological polar surface area (TPSA) is 56.8 Å². The van der Waals surface area contributed by atoms with Gasteiger partial charge in [-0.2, -0.15) is 0 Å². The van der Waals surface area contributed by atoms with E-state index in [4.69, 9.17) is 14.2 Å². The van der Waals surface area contributed by atoms with Crippen molar-refractivity contribution in [2.24, 2.45) is 11.3 Å². The smallest absolute Gasteiger partial charge is 0.235 e. The molecule has 0 saturated carbocycles. The van der Waals surface area contributed by atoms with Crippen LogP contribution in [0.1, 0.15) is 27.7 Å². The Hall–Kier alpha value is -2.11. The molecule has 1 aliphatic rings. The standard InChI is InChI=1S/C21H27NO4/c1-5-24-18-11-10-17(15-8-6-7-9-16(15)18)22-20(23)21(4)12-25-19(14(2)3)26-13-21/h6-11,14,19H,5,12-13H2,1-4H3,(H,22,23). The largest absolute Gasteiger partial charge is 0.493 e. The highest BCUT2D eigenvalue weighted by Gasteiger charge is 2.40. The SMILES string of the molecule is CCOc1ccc(NC(=O)C2(C)COC(C(C)C)OC2)c2ccccc12. The van der Waals surface area contributed by atoms with Crippen molar-refractivity contribution < 1.29 is 19.0 Å². The van der Waals surface area contributed by atoms with Gasteiger partial charge in [0.2, 0.25) is 5.91 Å². The number of hydrogen-bond donors (Lipinski definition) is 1. The zero-order valence-electron chi connectivity index (χ0n) is 15.9. The van der Waals surface area contributed by atoms with Crippen molar-refractivity contribution in [3.63, 3.8) is 0 Å². The minimum atomic E-state index is -0.717. The van der Waals surface area contributed by atoms with Crippen molar-refractivity contribution in [2.75, 3.05) is 25.1 Å². The van der Waals surface area contributed by atoms with Crippen molar-refractivity contribution in [3.8, 4) is 5.75 Å². The normalized spacial score (nSPS) is 23.2. The molecule has 1 N–H and O–H groups in total. The van der Waals surface area contributed by atoms with Crippen LogP contribution in [0.25, 0.3) is 10.8 Å². The lowest BCUT2D eigenvalue weighted by Gasteiger charge is -2.37. The second kappa shape index (κ2) is 7.64. The molecule has 1 saturated heterocycles. The number of anilines is 1. The van der Waals surface area contributed by atoms with Crippen LogP contribution in [0.3, 0.4) is 0 Å². The molecule has 3 rings (SSSR count). The monoisotopic (exact) mass is 357 g/mol. The van der Waals surface area contributed by atoms with Crippen LogP contribution < -0.4 is 10.1 Å². The van der Waals surface area contributed by atoms with E-state index in [-0.39, 0.29) is 18.1 Å². The van der Waals surface area contributed by atoms with E-state index in [1.807, 2.05) is 64.1 Å². The molecule has 0 atom stereocenters. The molecule has 0 bridgehead atoms. The highest BCUT2D eigenvalue weighted by Crippen LogP contribution is 2.34. The van der Waals surface area contributed by atoms with Crippen LogP contribution in [-0.2, 0) is 14.3 Å². The lowest BCUT2D eigenvalue weighted by Crippen LogP contribution is -2.48. The maximum Gasteiger partial charge on any atom is 0.235 e. The van der Waals surface area contributed by atoms with Gasteiger partial charge in [-0.15, -0.1) is 0 Å². The number of carbonyl (C=O) groups excluding carboxylic acids is 1. The lowest BCUT2D eigenvalue weighted by atomic mass is 9.90. The highest BCUT2D eigenvalue weighted by atomic mass is 16.7. The molecule has 0 aliphatic carbocycles. The minimum Gasteiger partial charge on any atom is -0.493 e. The van der Waals surface area contributed by atoms with E-state index < -0.39 is 5.41 Å². The summed E-state index contributed by atoms with van der Waals surface area (Å²) in [5.41, 5.74) is 0.0479. The summed E-state index contributed by atoms with van der Waals surface area (Å²) in [6, 6.07) is 11.7. The van der Waals surface area contributed by atoms with Gasteiger partial charge >= 0.3 is 0 Å². The Morgan fingerprint density at radius 2 is 1.85 bits per heavy atom. The van der Waals surface area contributed by atoms with Crippen molar-refractivity contribution in [1.82, 2.24) is 0 Å². The van der Waals surface area contributed by atoms with Gasteiger partial charge < -0.3 is 19.5 Å². The number of fused-ring (bicyclic) bond motifs is 1. The molecule has 1 aliphatic heterocycles. The first-order valence-electron chi connectivity index (χ1n) is 9.14. The number of ether oxygens (including phenoxy) is 3. The first-order valence-corrected chi connectivity index (χ1v) is 9.14. The first-order chi connectivity index (χ1) is 12.4. The van der Waals surface area contributed by atoms with Gasteiger partial charge in [0.25, 0.3) is 0 Å². The molecular weight excluding hydrogens is 330 g/mol. The first kappa shape index (κ1) is 18.7. The third-order valence-electron chi connectivity index (χ3n) is 4.66. The summed E-state index contributed by atoms with van der Waals surface area (Å²) in [6.45, 7) is 9.19. The number of hydrogen-bond acceptors (Lipinski definition) is 4. The maximum absolute atomic E-state index is 12.9. The van der Waals surface area contributed by atoms with E-state index in [9.17, 15) is 4.79 Å². The Morgan fingerprint density at radius 1 is 1.19 bits per heavy atom. The fourth-order valence-corrected chi connectivity index (χ4v) is 3.07. The van der Waals surface area contributed by atoms with E-state index in [0.29, 0.717) is 19.8 Å². The second-order valence-corrected chi connectivity index (χ2v) is 7.34. The quantitative estimate of drug-likeness (QED) is 0.871. The molecule has 140 valence electrons. The van der Waals surface area contributed by atoms with Gasteiger partial charge in [-0.25, -0.2) is 0 Å². The van der Waals surface area contributed by atoms with Gasteiger partial charge in [-0.05, 0) is 26.0 Å². The summed E-state index contributed by atoms with van der Waals surface area (Å²) in [7, 11) is 0. The van der Waals surface area contributed by atoms with Crippen LogP contribution in [-0.4, -0.2) is 32.0 Å². The van der Waals surface area contributed by atoms with Crippen molar-refractivity contribution in [3.05, 3.63) is 36.4 Å². The molecule has 1 amide bonds. The van der Waals surface area contributed by atoms with Crippen molar-refractivity contribution in [1.29, 1.82) is 0 Å². The van der Waals surface area contributed by atoms with Gasteiger partial charge in [0.1, 0.15) is 5.75 Å². The maximum atomic E-state index is 12.9. The van der Waals surface area contributed by atoms with E-state index in [1.165, 1.54) is 0 Å². The molecule has 0 aromatic heterocycles. The average molecular weight is 357 g/mol. The predicted octanol–water partition coefficient (Wildman–Crippen LogP) is 4.21. The van der Waals surface area contributed by atoms with Gasteiger partial charge in [-0.1, -0.05) is 38.1 Å². The van der Waals surface area contributed by atoms with Crippen molar-refractivity contribution in [2.45, 2.75) is 34.0 Å². The van der Waals surface area contributed by atoms with Gasteiger partial charge in [-0.3, -0.25) is 4.79 Å². The second-order valence-electron chi connectivity index (χ2n) is 7.34. The van der Waals surface area contributed by atoms with Crippen molar-refractivity contribution >= 4 is 22.4 Å². The summed E-state index contributed by atoms with van der Waals surface area (Å²) in [6.07, 6.45) is -0.248. The summed E-state index contributed by atoms with van der Waals surface area (Å²) in [4.78, 5) is 12.9. The minimum absolute atomic E-state index is 0.103. The Bertz CT molecular complexity index is 779. The Labute approximate surface area is 154 Å². The van der Waals surface area contributed by atoms with Gasteiger partial charge in [0.15, 0.2) is 6.29 Å². The molecule has 2 aromatic carbocycles. The predicted molar refractivity (Wildman–Crippen MR) is 102 cm³/mol. The fourth-order valence-electron chi connectivity index (χ4n) is 3.07. The Kier molecular flexibility index (Phi) is 5.49. The number of rotatable bonds is 5. The molecule has 5 nitrogen and oxygen atoms in total. The Morgan fingerprint density at radius 3 is 2.46 bits per heavy atom. The summed E-state index contributed by atoms with van der Waals surface area (Å²) in [5, 5.41) is 4.99. The van der Waals surface area contributed by atoms with Gasteiger partial charge in [0.05, 0.1) is 25.2 Å². The molecule has 0 unspecified atom stereocenters. The number of amides is 1. The van der Waals surface area contributed by atoms with E-state index in [1.54, 1.807) is 0 Å². The summed E-state index contributed by atoms with van der Waals surface area (Å²) in [5.74, 6) is 0.975. The molecule has 0 radical (unpaired) electrons. The molecule has 5 heteroatoms. The van der Waals surface area contributed by atoms with Crippen LogP contribution in [0.15, 0.2) is 36.4 Å². The van der Waals surface area contributed by atoms with Crippen LogP contribution in [0, 0.1) is 11.3 Å². The average Bonchev–Trinajstić information content (AvgIpc) is 2.64. The van der Waals surface area contributed by atoms with E-state index >= 15 is 0 Å². The third-order valence-corrected chi connectivity index (χ3v) is 4.66. The molecule has 1 heterocycles. The summed E-state index contributed by atoms with van der Waals surface area (Å²) >= 11 is 0. The molecular formula is C21H27NO4. The number of nitrogens with one attached hydrogen (secondary N) is 1. The molecule has 1 fully saturated rings. The zero-order chi connectivity index (χ0) is 18.7.